The van der Waals surface area contributed by atoms with Crippen LogP contribution in [0.3, 0.4) is 0 Å². The lowest BCUT2D eigenvalue weighted by Gasteiger charge is -2.22. The van der Waals surface area contributed by atoms with Crippen LogP contribution in [0.15, 0.2) is 108 Å². The second-order valence-electron chi connectivity index (χ2n) is 12.4. The first kappa shape index (κ1) is 45.4. The number of azo groups is 2. The topological polar surface area (TPSA) is 248 Å². The molecule has 0 bridgehead atoms. The molecule has 0 fully saturated rings. The summed E-state index contributed by atoms with van der Waals surface area (Å²) >= 11 is 1.14. The normalized spacial score (nSPS) is 12.0. The van der Waals surface area contributed by atoms with Gasteiger partial charge in [0, 0.05) is 43.3 Å². The highest BCUT2D eigenvalue weighted by atomic mass is 32.2. The number of nitrogens with one attached hydrogen (secondary N) is 2. The number of halogens is 2. The van der Waals surface area contributed by atoms with Crippen molar-refractivity contribution >= 4 is 89.4 Å². The average molecular weight is 886 g/mol. The van der Waals surface area contributed by atoms with Crippen molar-refractivity contribution in [2.75, 3.05) is 59.0 Å². The van der Waals surface area contributed by atoms with Crippen molar-refractivity contribution in [2.45, 2.75) is 42.6 Å². The van der Waals surface area contributed by atoms with E-state index in [1.54, 1.807) is 36.4 Å². The highest BCUT2D eigenvalue weighted by molar-refractivity contribution is 7.99. The van der Waals surface area contributed by atoms with Gasteiger partial charge in [-0.25, -0.2) is 8.78 Å². The molecule has 318 valence electrons. The number of aliphatic hydroxyl groups is 1. The molecule has 18 nitrogen and oxygen atoms in total. The monoisotopic (exact) mass is 885 g/mol. The first-order chi connectivity index (χ1) is 28.6. The molecule has 0 radical (unpaired) electrons. The Labute approximate surface area is 349 Å². The van der Waals surface area contributed by atoms with Crippen LogP contribution in [-0.4, -0.2) is 84.5 Å². The van der Waals surface area contributed by atoms with Crippen molar-refractivity contribution in [3.05, 3.63) is 84.4 Å². The summed E-state index contributed by atoms with van der Waals surface area (Å²) in [5, 5.41) is 32.9. The Bertz CT molecular complexity index is 2440. The predicted octanol–water partition coefficient (Wildman–Crippen LogP) is 8.74. The van der Waals surface area contributed by atoms with Crippen LogP contribution in [0.1, 0.15) is 27.7 Å². The van der Waals surface area contributed by atoms with E-state index in [0.29, 0.717) is 37.6 Å². The second kappa shape index (κ2) is 20.0. The van der Waals surface area contributed by atoms with Crippen LogP contribution in [0, 0.1) is 11.6 Å². The third-order valence-corrected chi connectivity index (χ3v) is 11.1. The molecule has 0 amide bonds. The summed E-state index contributed by atoms with van der Waals surface area (Å²) in [5.41, 5.74) is 2.69. The maximum atomic E-state index is 14.2. The van der Waals surface area contributed by atoms with E-state index in [-0.39, 0.29) is 52.2 Å². The van der Waals surface area contributed by atoms with Crippen LogP contribution < -0.4 is 20.4 Å². The molecule has 0 unspecified atom stereocenters. The van der Waals surface area contributed by atoms with E-state index in [9.17, 15) is 39.8 Å². The van der Waals surface area contributed by atoms with Gasteiger partial charge in [0.15, 0.2) is 5.16 Å². The number of thioether (sulfide) groups is 1. The Morgan fingerprint density at radius 2 is 1.03 bits per heavy atom. The smallest absolute Gasteiger partial charge is 0.297 e. The lowest BCUT2D eigenvalue weighted by atomic mass is 10.2. The fraction of sp³-hybridized carbons (Fsp3) is 0.270. The number of anilines is 6. The minimum Gasteiger partial charge on any atom is -0.396 e. The molecule has 0 atom stereocenters. The third-order valence-electron chi connectivity index (χ3n) is 8.58. The molecule has 5 N–H and O–H groups in total. The Hall–Kier alpha value is -5.72. The summed E-state index contributed by atoms with van der Waals surface area (Å²) in [4.78, 5) is 15.9. The van der Waals surface area contributed by atoms with Crippen LogP contribution in [0.25, 0.3) is 0 Å². The zero-order valence-corrected chi connectivity index (χ0v) is 35.1. The zero-order valence-electron chi connectivity index (χ0n) is 32.7. The summed E-state index contributed by atoms with van der Waals surface area (Å²) in [6, 6.07) is 16.3. The standard InChI is InChI=1S/C37H41F2N11O7S3/c1-5-49(6-2)25-11-15-29(47-45-23-9-13-27(38)33(19-23)59(52,53)54)31(21-25)40-35-42-36(44-37(43-35)58-18-17-51)41-32-22-26(50(7-3)8-4)12-16-30(32)48-46-24-10-14-28(39)34(20-24)60(55,56)57/h9-16,19-22,51H,5-8,17-18H2,1-4H3,(H,52,53,54)(H,55,56,57)(H2,40,41,42,43,44)/b47-45+,48-46+. The number of rotatable bonds is 19. The molecule has 0 aliphatic rings. The minimum absolute atomic E-state index is 0.0312. The van der Waals surface area contributed by atoms with Gasteiger partial charge < -0.3 is 25.5 Å². The Morgan fingerprint density at radius 3 is 1.40 bits per heavy atom. The van der Waals surface area contributed by atoms with Crippen molar-refractivity contribution in [3.8, 4) is 0 Å². The molecule has 60 heavy (non-hydrogen) atoms. The first-order valence-electron chi connectivity index (χ1n) is 18.3. The Kier molecular flexibility index (Phi) is 15.1. The molecular weight excluding hydrogens is 845 g/mol. The van der Waals surface area contributed by atoms with Gasteiger partial charge in [-0.1, -0.05) is 11.8 Å². The maximum absolute atomic E-state index is 14.2. The van der Waals surface area contributed by atoms with Crippen molar-refractivity contribution < 1.29 is 39.8 Å². The fourth-order valence-corrected chi connectivity index (χ4v) is 7.38. The lowest BCUT2D eigenvalue weighted by molar-refractivity contribution is 0.322. The highest BCUT2D eigenvalue weighted by Crippen LogP contribution is 2.37. The van der Waals surface area contributed by atoms with Gasteiger partial charge in [-0.2, -0.15) is 42.0 Å². The van der Waals surface area contributed by atoms with E-state index in [1.807, 2.05) is 27.7 Å². The second-order valence-corrected chi connectivity index (χ2v) is 16.3. The molecule has 0 aliphatic heterocycles. The van der Waals surface area contributed by atoms with Gasteiger partial charge >= 0.3 is 0 Å². The van der Waals surface area contributed by atoms with Crippen molar-refractivity contribution in [1.82, 2.24) is 15.0 Å². The van der Waals surface area contributed by atoms with Gasteiger partial charge in [0.2, 0.25) is 11.9 Å². The minimum atomic E-state index is -4.88. The number of aromatic nitrogens is 3. The van der Waals surface area contributed by atoms with Crippen molar-refractivity contribution in [2.24, 2.45) is 20.5 Å². The van der Waals surface area contributed by atoms with Crippen LogP contribution in [0.4, 0.5) is 66.2 Å². The first-order valence-corrected chi connectivity index (χ1v) is 22.1. The quantitative estimate of drug-likeness (QED) is 0.0295. The third kappa shape index (κ3) is 11.7. The summed E-state index contributed by atoms with van der Waals surface area (Å²) in [6.07, 6.45) is 0. The van der Waals surface area contributed by atoms with Crippen molar-refractivity contribution in [3.63, 3.8) is 0 Å². The zero-order chi connectivity index (χ0) is 43.6. The summed E-state index contributed by atoms with van der Waals surface area (Å²) in [7, 11) is -9.76. The van der Waals surface area contributed by atoms with Crippen molar-refractivity contribution in [1.29, 1.82) is 0 Å². The van der Waals surface area contributed by atoms with Crippen LogP contribution in [-0.2, 0) is 20.2 Å². The summed E-state index contributed by atoms with van der Waals surface area (Å²) < 4.78 is 94.1. The molecule has 0 saturated heterocycles. The SMILES string of the molecule is CCN(CC)c1ccc(/N=N/c2ccc(F)c(S(=O)(=O)O)c2)c(Nc2nc(Nc3cc(N(CC)CC)ccc3/N=N/c3ccc(F)c(S(=O)(=O)O)c3)nc(SCCO)n2)c1. The molecular formula is C37H41F2N11O7S3. The number of benzene rings is 4. The van der Waals surface area contributed by atoms with Gasteiger partial charge in [0.25, 0.3) is 20.2 Å². The van der Waals surface area contributed by atoms with Gasteiger partial charge in [-0.3, -0.25) is 9.11 Å². The van der Waals surface area contributed by atoms with E-state index in [2.05, 4.69) is 55.8 Å². The predicted molar refractivity (Wildman–Crippen MR) is 225 cm³/mol. The highest BCUT2D eigenvalue weighted by Gasteiger charge is 2.19. The summed E-state index contributed by atoms with van der Waals surface area (Å²) in [6.45, 7) is 10.4. The number of hydrogen-bond acceptors (Lipinski definition) is 17. The van der Waals surface area contributed by atoms with Gasteiger partial charge in [0.05, 0.1) is 29.4 Å². The molecule has 5 aromatic rings. The lowest BCUT2D eigenvalue weighted by Crippen LogP contribution is -2.21. The summed E-state index contributed by atoms with van der Waals surface area (Å²) in [5.74, 6) is -2.02. The van der Waals surface area contributed by atoms with E-state index in [1.165, 1.54) is 12.1 Å². The van der Waals surface area contributed by atoms with E-state index in [0.717, 1.165) is 47.4 Å². The van der Waals surface area contributed by atoms with Crippen LogP contribution in [0.2, 0.25) is 0 Å². The van der Waals surface area contributed by atoms with E-state index in [4.69, 9.17) is 0 Å². The van der Waals surface area contributed by atoms with E-state index < -0.39 is 41.7 Å². The Balaban J connectivity index is 1.58. The molecule has 0 spiro atoms. The number of hydrogen-bond donors (Lipinski definition) is 5. The fourth-order valence-electron chi connectivity index (χ4n) is 5.63. The molecule has 5 rings (SSSR count). The Morgan fingerprint density at radius 1 is 0.617 bits per heavy atom. The van der Waals surface area contributed by atoms with Crippen LogP contribution in [0.5, 0.6) is 0 Å². The maximum Gasteiger partial charge on any atom is 0.297 e. The molecule has 4 aromatic carbocycles. The van der Waals surface area contributed by atoms with Gasteiger partial charge in [0.1, 0.15) is 32.8 Å². The van der Waals surface area contributed by atoms with Gasteiger partial charge in [-0.05, 0) is 100 Å². The number of nitrogens with zero attached hydrogens (tertiary/aromatic N) is 9. The average Bonchev–Trinajstić information content (AvgIpc) is 3.20. The largest absolute Gasteiger partial charge is 0.396 e. The molecule has 0 saturated carbocycles. The molecule has 1 heterocycles. The van der Waals surface area contributed by atoms with E-state index >= 15 is 0 Å². The molecule has 1 aromatic heterocycles. The molecule has 0 aliphatic carbocycles. The van der Waals surface area contributed by atoms with Crippen LogP contribution >= 0.6 is 11.8 Å². The van der Waals surface area contributed by atoms with Gasteiger partial charge in [-0.15, -0.1) is 10.2 Å². The number of aliphatic hydroxyl groups excluding tert-OH is 1. The molecule has 23 heteroatoms.